The highest BCUT2D eigenvalue weighted by atomic mass is 31.2. The Kier molecular flexibility index (Phi) is 36.1. The molecule has 596 valence electrons. The third-order valence-corrected chi connectivity index (χ3v) is 18.6. The van der Waals surface area contributed by atoms with Gasteiger partial charge in [0.25, 0.3) is 0 Å². The van der Waals surface area contributed by atoms with Crippen LogP contribution in [0, 0.1) is 5.41 Å². The summed E-state index contributed by atoms with van der Waals surface area (Å²) >= 11 is 0. The molecule has 5 heterocycles. The molecule has 0 radical (unpaired) electrons. The van der Waals surface area contributed by atoms with Gasteiger partial charge in [-0.15, -0.1) is 0 Å². The number of amides is 4. The van der Waals surface area contributed by atoms with Gasteiger partial charge < -0.3 is 140 Å². The van der Waals surface area contributed by atoms with Crippen LogP contribution < -0.4 is 22.1 Å². The maximum Gasteiger partial charge on any atom is 0.474 e. The summed E-state index contributed by atoms with van der Waals surface area (Å²) in [4.78, 5) is 83.5. The number of hydrogen-bond donors (Lipinski definition) is 17. The highest BCUT2D eigenvalue weighted by Gasteiger charge is 2.62. The number of carbonyl (C=O) groups excluding carboxylic acids is 4. The van der Waals surface area contributed by atoms with E-state index in [4.69, 9.17) is 77.7 Å². The molecule has 0 aromatic carbocycles. The number of carboxylic acids is 2. The van der Waals surface area contributed by atoms with Gasteiger partial charge in [-0.2, -0.15) is 0 Å². The van der Waals surface area contributed by atoms with Crippen molar-refractivity contribution in [1.82, 2.24) is 10.6 Å². The molecule has 0 aliphatic carbocycles. The lowest BCUT2D eigenvalue weighted by atomic mass is 9.85. The van der Waals surface area contributed by atoms with Gasteiger partial charge in [-0.25, -0.2) is 18.9 Å². The first-order valence-electron chi connectivity index (χ1n) is 33.8. The molecular formula is C66H109N4O33P. The Morgan fingerprint density at radius 3 is 1.79 bits per heavy atom. The fourth-order valence-electron chi connectivity index (χ4n) is 11.6. The molecule has 5 aliphatic rings. The second-order valence-electron chi connectivity index (χ2n) is 27.2. The molecule has 0 aromatic rings. The first-order valence-corrected chi connectivity index (χ1v) is 35.3. The number of allylic oxidation sites excluding steroid dienone is 8. The molecule has 19 N–H and O–H groups in total. The maximum atomic E-state index is 13.0. The summed E-state index contributed by atoms with van der Waals surface area (Å²) in [6.45, 7) is 22.2. The minimum Gasteiger partial charge on any atom is -0.479 e. The first-order chi connectivity index (χ1) is 48.4. The SMILES string of the molecule is C=C(C/C=C(\C)CCC=C(C)C)CCC(C)(C)/C=C/CC/C(C)=C\COC(C)C(=O)O.CCOP(=O)(O)OC1OC(C(N)=O)C(C)(O)C(OC(N)=O)C1OC1OC(COC2OC(CO)C(O)C(O)C2O)C(OC2OC(C)C(OC3OC(C(=O)O)C(O)C(O)C3O)C(O)C2NC(C)=O)C(O)C1NC(C)=O. The van der Waals surface area contributed by atoms with Gasteiger partial charge >= 0.3 is 25.9 Å². The van der Waals surface area contributed by atoms with Crippen LogP contribution in [0.2, 0.25) is 0 Å². The molecule has 37 nitrogen and oxygen atoms in total. The van der Waals surface area contributed by atoms with Crippen molar-refractivity contribution >= 4 is 43.6 Å². The average Bonchev–Trinajstić information content (AvgIpc) is 0.748. The van der Waals surface area contributed by atoms with E-state index in [-0.39, 0.29) is 5.41 Å². The van der Waals surface area contributed by atoms with Crippen molar-refractivity contribution in [2.24, 2.45) is 16.9 Å². The zero-order chi connectivity index (χ0) is 78.6. The Morgan fingerprint density at radius 1 is 0.683 bits per heavy atom. The van der Waals surface area contributed by atoms with Crippen LogP contribution >= 0.6 is 7.82 Å². The minimum atomic E-state index is -5.25. The first kappa shape index (κ1) is 91.0. The number of phosphoric ester groups is 1. The van der Waals surface area contributed by atoms with Gasteiger partial charge in [0.1, 0.15) is 90.9 Å². The standard InChI is InChI=1S/C38H63N4O30P.C28H46O3/c1-6-62-73(59,60)72-36-27(28(71-37(40)57)38(5,58)29(70-36)30(39)54)69-33-15(42-11(4)45)18(48)25(13(65-33)8-61-34-22(52)19(49)16(46)12(7-43)64-34)67-32-14(41-10(3)44)17(47)24(9(2)63-32)66-35-23(53)20(50)21(51)26(68-35)31(55)56;1-22(2)12-11-14-23(3)15-16-25(5)17-20-28(7,8)19-10-9-13-24(4)18-21-31-26(6)27(29)30/h9,12-29,32-36,43,46-53,58H,6-8H2,1-5H3,(H2,39,54)(H2,40,57)(H,41,44)(H,42,45)(H,55,56)(H,59,60);10,12,15,18-19,26H,5,9,11,13-14,16-17,20-21H2,1-4,6-8H3,(H,29,30)/b;19-10+,23-15+,24-18-. The number of aliphatic hydroxyl groups excluding tert-OH is 9. The number of carboxylic acid groups (broad SMARTS) is 2. The van der Waals surface area contributed by atoms with E-state index < -0.39 is 222 Å². The molecule has 0 spiro atoms. The van der Waals surface area contributed by atoms with E-state index in [1.807, 2.05) is 6.08 Å². The number of aliphatic carboxylic acids is 2. The summed E-state index contributed by atoms with van der Waals surface area (Å²) in [7, 11) is -5.25. The molecule has 5 aliphatic heterocycles. The van der Waals surface area contributed by atoms with Gasteiger partial charge in [-0.3, -0.25) is 23.4 Å². The van der Waals surface area contributed by atoms with E-state index in [1.54, 1.807) is 6.92 Å². The quantitative estimate of drug-likeness (QED) is 0.0263. The minimum absolute atomic E-state index is 0.156. The van der Waals surface area contributed by atoms with Gasteiger partial charge in [0.05, 0.1) is 32.5 Å². The van der Waals surface area contributed by atoms with E-state index in [1.165, 1.54) is 36.1 Å². The van der Waals surface area contributed by atoms with E-state index in [0.717, 1.165) is 65.7 Å². The molecule has 27 unspecified atom stereocenters. The largest absolute Gasteiger partial charge is 0.479 e. The molecule has 0 aromatic heterocycles. The van der Waals surface area contributed by atoms with Crippen LogP contribution in [-0.4, -0.2) is 287 Å². The Bertz CT molecular complexity index is 3000. The van der Waals surface area contributed by atoms with Crippen LogP contribution in [-0.2, 0) is 89.7 Å². The Hall–Kier alpha value is -5.37. The van der Waals surface area contributed by atoms with Crippen LogP contribution in [0.25, 0.3) is 0 Å². The molecule has 5 fully saturated rings. The monoisotopic (exact) mass is 1520 g/mol. The van der Waals surface area contributed by atoms with Crippen LogP contribution in [0.4, 0.5) is 4.79 Å². The van der Waals surface area contributed by atoms with Crippen LogP contribution in [0.15, 0.2) is 59.3 Å². The molecule has 4 amide bonds. The Morgan fingerprint density at radius 2 is 1.23 bits per heavy atom. The zero-order valence-corrected chi connectivity index (χ0v) is 61.3. The Labute approximate surface area is 602 Å². The number of carbonyl (C=O) groups is 6. The molecule has 38 heteroatoms. The average molecular weight is 1520 g/mol. The van der Waals surface area contributed by atoms with Crippen molar-refractivity contribution in [3.63, 3.8) is 0 Å². The van der Waals surface area contributed by atoms with Gasteiger partial charge in [0.15, 0.2) is 62.0 Å². The van der Waals surface area contributed by atoms with Gasteiger partial charge in [0, 0.05) is 13.8 Å². The topological polar surface area (TPSA) is 579 Å². The summed E-state index contributed by atoms with van der Waals surface area (Å²) in [5, 5.41) is 131. The lowest BCUT2D eigenvalue weighted by Crippen LogP contribution is -2.72. The smallest absolute Gasteiger partial charge is 0.474 e. The fraction of sp³-hybridized carbons (Fsp3) is 0.758. The number of ether oxygens (including phenoxy) is 11. The van der Waals surface area contributed by atoms with Crippen molar-refractivity contribution in [1.29, 1.82) is 0 Å². The molecular weight excluding hydrogens is 1410 g/mol. The summed E-state index contributed by atoms with van der Waals surface area (Å²) in [5.74, 6) is -5.96. The van der Waals surface area contributed by atoms with Crippen molar-refractivity contribution in [2.45, 2.75) is 287 Å². The Balaban J connectivity index is 0.000000619. The highest BCUT2D eigenvalue weighted by Crippen LogP contribution is 2.49. The van der Waals surface area contributed by atoms with E-state index >= 15 is 0 Å². The van der Waals surface area contributed by atoms with Gasteiger partial charge in [-0.1, -0.05) is 73.1 Å². The lowest BCUT2D eigenvalue weighted by molar-refractivity contribution is -0.375. The van der Waals surface area contributed by atoms with Crippen molar-refractivity contribution in [3.8, 4) is 0 Å². The number of aliphatic hydroxyl groups is 10. The van der Waals surface area contributed by atoms with Gasteiger partial charge in [0.2, 0.25) is 17.7 Å². The summed E-state index contributed by atoms with van der Waals surface area (Å²) in [5.41, 5.74) is 13.5. The summed E-state index contributed by atoms with van der Waals surface area (Å²) in [6.07, 6.45) is -28.7. The number of hydrogen-bond acceptors (Lipinski definition) is 30. The summed E-state index contributed by atoms with van der Waals surface area (Å²) in [6, 6.07) is -3.76. The van der Waals surface area contributed by atoms with Crippen molar-refractivity contribution in [2.75, 3.05) is 26.4 Å². The van der Waals surface area contributed by atoms with Crippen molar-refractivity contribution in [3.05, 3.63) is 59.3 Å². The van der Waals surface area contributed by atoms with Gasteiger partial charge in [-0.05, 0) is 106 Å². The predicted molar refractivity (Wildman–Crippen MR) is 359 cm³/mol. The second kappa shape index (κ2) is 41.3. The molecule has 27 atom stereocenters. The number of rotatable bonds is 35. The highest BCUT2D eigenvalue weighted by molar-refractivity contribution is 7.47. The third-order valence-electron chi connectivity index (χ3n) is 17.5. The lowest BCUT2D eigenvalue weighted by Gasteiger charge is -2.51. The number of phosphoric acid groups is 1. The normalized spacial score (nSPS) is 35.8. The zero-order valence-electron chi connectivity index (χ0n) is 60.4. The fourth-order valence-corrected chi connectivity index (χ4v) is 12.4. The summed E-state index contributed by atoms with van der Waals surface area (Å²) < 4.78 is 85.4. The predicted octanol–water partition coefficient (Wildman–Crippen LogP) is -1.17. The molecule has 0 saturated carbocycles. The van der Waals surface area contributed by atoms with Crippen LogP contribution in [0.5, 0.6) is 0 Å². The van der Waals surface area contributed by atoms with Crippen LogP contribution in [0.1, 0.15) is 128 Å². The molecule has 5 saturated heterocycles. The molecule has 5 rings (SSSR count). The van der Waals surface area contributed by atoms with Crippen molar-refractivity contribution < 1.29 is 161 Å². The number of nitrogens with two attached hydrogens (primary N) is 2. The van der Waals surface area contributed by atoms with E-state index in [9.17, 15) is 94.4 Å². The van der Waals surface area contributed by atoms with E-state index in [2.05, 4.69) is 83.1 Å². The third kappa shape index (κ3) is 26.8. The molecule has 104 heavy (non-hydrogen) atoms. The maximum absolute atomic E-state index is 13.0. The van der Waals surface area contributed by atoms with Crippen LogP contribution in [0.3, 0.4) is 0 Å². The number of primary amides is 2. The second-order valence-corrected chi connectivity index (χ2v) is 28.6. The molecule has 0 bridgehead atoms. The number of nitrogens with one attached hydrogen (secondary N) is 2. The van der Waals surface area contributed by atoms with E-state index in [0.29, 0.717) is 6.61 Å².